The quantitative estimate of drug-likeness (QED) is 0.770. The second kappa shape index (κ2) is 3.37. The molecule has 2 heteroatoms. The van der Waals surface area contributed by atoms with Crippen molar-refractivity contribution in [3.05, 3.63) is 30.5 Å². The highest BCUT2D eigenvalue weighted by molar-refractivity contribution is 5.86. The van der Waals surface area contributed by atoms with Crippen LogP contribution in [0.5, 0.6) is 5.75 Å². The Bertz CT molecular complexity index is 445. The maximum absolute atomic E-state index is 9.63. The van der Waals surface area contributed by atoms with Crippen molar-refractivity contribution in [2.75, 3.05) is 0 Å². The molecule has 2 aromatic rings. The molecule has 0 bridgehead atoms. The van der Waals surface area contributed by atoms with E-state index in [0.717, 1.165) is 17.3 Å². The van der Waals surface area contributed by atoms with Crippen LogP contribution in [0.25, 0.3) is 10.9 Å². The molecule has 2 rings (SSSR count). The normalized spacial score (nSPS) is 13.3. The van der Waals surface area contributed by atoms with E-state index in [1.165, 1.54) is 0 Å². The number of benzene rings is 1. The minimum atomic E-state index is 0.365. The van der Waals surface area contributed by atoms with Crippen LogP contribution in [0.15, 0.2) is 30.5 Å². The number of phenolic OH excluding ortho intramolecular Hbond substituents is 1. The molecule has 0 saturated heterocycles. The van der Waals surface area contributed by atoms with E-state index in [-0.39, 0.29) is 0 Å². The van der Waals surface area contributed by atoms with Crippen molar-refractivity contribution in [2.24, 2.45) is 0 Å². The number of aromatic nitrogens is 1. The molecule has 1 aromatic carbocycles. The number of rotatable bonds is 2. The zero-order valence-corrected chi connectivity index (χ0v) is 8.57. The first-order valence-corrected chi connectivity index (χ1v) is 5.02. The number of fused-ring (bicyclic) bond motifs is 1. The summed E-state index contributed by atoms with van der Waals surface area (Å²) < 4.78 is 2.20. The van der Waals surface area contributed by atoms with Crippen LogP contribution in [0.4, 0.5) is 0 Å². The fourth-order valence-electron chi connectivity index (χ4n) is 1.75. The van der Waals surface area contributed by atoms with Gasteiger partial charge in [-0.25, -0.2) is 0 Å². The van der Waals surface area contributed by atoms with Crippen LogP contribution in [0.3, 0.4) is 0 Å². The van der Waals surface area contributed by atoms with Gasteiger partial charge < -0.3 is 9.67 Å². The SMILES string of the molecule is CCC(C)n1ccc2c(O)cccc21. The molecule has 1 atom stereocenters. The lowest BCUT2D eigenvalue weighted by molar-refractivity contribution is 0.481. The van der Waals surface area contributed by atoms with E-state index in [1.54, 1.807) is 6.07 Å². The van der Waals surface area contributed by atoms with E-state index in [2.05, 4.69) is 18.4 Å². The van der Waals surface area contributed by atoms with Gasteiger partial charge in [-0.05, 0) is 31.5 Å². The van der Waals surface area contributed by atoms with Crippen molar-refractivity contribution in [2.45, 2.75) is 26.3 Å². The monoisotopic (exact) mass is 189 g/mol. The average molecular weight is 189 g/mol. The zero-order valence-electron chi connectivity index (χ0n) is 8.57. The van der Waals surface area contributed by atoms with Gasteiger partial charge in [-0.3, -0.25) is 0 Å². The van der Waals surface area contributed by atoms with E-state index >= 15 is 0 Å². The zero-order chi connectivity index (χ0) is 10.1. The van der Waals surface area contributed by atoms with Crippen LogP contribution in [0, 0.1) is 0 Å². The molecule has 0 radical (unpaired) electrons. The third-order valence-electron chi connectivity index (χ3n) is 2.81. The number of phenols is 1. The fraction of sp³-hybridized carbons (Fsp3) is 0.333. The Balaban J connectivity index is 2.63. The number of hydrogen-bond donors (Lipinski definition) is 1. The van der Waals surface area contributed by atoms with E-state index in [0.29, 0.717) is 11.8 Å². The second-order valence-corrected chi connectivity index (χ2v) is 3.69. The van der Waals surface area contributed by atoms with Crippen molar-refractivity contribution < 1.29 is 5.11 Å². The Morgan fingerprint density at radius 3 is 2.86 bits per heavy atom. The van der Waals surface area contributed by atoms with Crippen LogP contribution < -0.4 is 0 Å². The lowest BCUT2D eigenvalue weighted by atomic mass is 10.2. The van der Waals surface area contributed by atoms with Gasteiger partial charge in [0.25, 0.3) is 0 Å². The van der Waals surface area contributed by atoms with Gasteiger partial charge in [0.1, 0.15) is 5.75 Å². The number of nitrogens with zero attached hydrogens (tertiary/aromatic N) is 1. The summed E-state index contributed by atoms with van der Waals surface area (Å²) in [5, 5.41) is 10.6. The van der Waals surface area contributed by atoms with Crippen LogP contribution in [-0.2, 0) is 0 Å². The van der Waals surface area contributed by atoms with Gasteiger partial charge >= 0.3 is 0 Å². The minimum Gasteiger partial charge on any atom is -0.507 e. The highest BCUT2D eigenvalue weighted by Gasteiger charge is 2.07. The number of hydrogen-bond acceptors (Lipinski definition) is 1. The van der Waals surface area contributed by atoms with Gasteiger partial charge in [0.2, 0.25) is 0 Å². The molecule has 2 nitrogen and oxygen atoms in total. The molecule has 1 unspecified atom stereocenters. The van der Waals surface area contributed by atoms with Gasteiger partial charge in [0.15, 0.2) is 0 Å². The molecule has 0 spiro atoms. The third kappa shape index (κ3) is 1.27. The fourth-order valence-corrected chi connectivity index (χ4v) is 1.75. The third-order valence-corrected chi connectivity index (χ3v) is 2.81. The Hall–Kier alpha value is -1.44. The summed E-state index contributed by atoms with van der Waals surface area (Å²) >= 11 is 0. The molecule has 0 aliphatic rings. The molecule has 74 valence electrons. The van der Waals surface area contributed by atoms with E-state index < -0.39 is 0 Å². The lowest BCUT2D eigenvalue weighted by Crippen LogP contribution is -2.01. The predicted octanol–water partition coefficient (Wildman–Crippen LogP) is 3.32. The van der Waals surface area contributed by atoms with Gasteiger partial charge in [0.05, 0.1) is 5.52 Å². The Morgan fingerprint density at radius 1 is 1.36 bits per heavy atom. The van der Waals surface area contributed by atoms with Gasteiger partial charge in [0, 0.05) is 17.6 Å². The maximum atomic E-state index is 9.63. The van der Waals surface area contributed by atoms with Crippen molar-refractivity contribution in [3.8, 4) is 5.75 Å². The Morgan fingerprint density at radius 2 is 2.14 bits per heavy atom. The van der Waals surface area contributed by atoms with Gasteiger partial charge in [-0.1, -0.05) is 13.0 Å². The predicted molar refractivity (Wildman–Crippen MR) is 58.6 cm³/mol. The molecule has 0 fully saturated rings. The van der Waals surface area contributed by atoms with Crippen LogP contribution in [0.2, 0.25) is 0 Å². The molecule has 1 N–H and O–H groups in total. The summed E-state index contributed by atoms with van der Waals surface area (Å²) in [6.07, 6.45) is 3.14. The molecular formula is C12H15NO. The molecule has 14 heavy (non-hydrogen) atoms. The van der Waals surface area contributed by atoms with Crippen molar-refractivity contribution in [1.82, 2.24) is 4.57 Å². The largest absolute Gasteiger partial charge is 0.507 e. The van der Waals surface area contributed by atoms with E-state index in [9.17, 15) is 5.11 Å². The topological polar surface area (TPSA) is 25.2 Å². The van der Waals surface area contributed by atoms with E-state index in [4.69, 9.17) is 0 Å². The second-order valence-electron chi connectivity index (χ2n) is 3.69. The van der Waals surface area contributed by atoms with Crippen LogP contribution in [0.1, 0.15) is 26.3 Å². The first kappa shape index (κ1) is 9.13. The van der Waals surface area contributed by atoms with Gasteiger partial charge in [-0.15, -0.1) is 0 Å². The summed E-state index contributed by atoms with van der Waals surface area (Å²) in [5.74, 6) is 0.365. The average Bonchev–Trinajstić information content (AvgIpc) is 2.62. The summed E-state index contributed by atoms with van der Waals surface area (Å²) in [4.78, 5) is 0. The molecule has 0 saturated carbocycles. The molecular weight excluding hydrogens is 174 g/mol. The number of aromatic hydroxyl groups is 1. The van der Waals surface area contributed by atoms with Crippen molar-refractivity contribution >= 4 is 10.9 Å². The first-order chi connectivity index (χ1) is 6.74. The highest BCUT2D eigenvalue weighted by Crippen LogP contribution is 2.27. The smallest absolute Gasteiger partial charge is 0.124 e. The molecule has 1 aromatic heterocycles. The Kier molecular flexibility index (Phi) is 2.20. The van der Waals surface area contributed by atoms with Crippen molar-refractivity contribution in [1.29, 1.82) is 0 Å². The minimum absolute atomic E-state index is 0.365. The molecule has 0 aliphatic heterocycles. The van der Waals surface area contributed by atoms with Crippen LogP contribution in [-0.4, -0.2) is 9.67 Å². The maximum Gasteiger partial charge on any atom is 0.124 e. The van der Waals surface area contributed by atoms with Crippen LogP contribution >= 0.6 is 0 Å². The standard InChI is InChI=1S/C12H15NO/c1-3-9(2)13-8-7-10-11(13)5-4-6-12(10)14/h4-9,14H,3H2,1-2H3. The summed E-state index contributed by atoms with van der Waals surface area (Å²) in [6.45, 7) is 4.35. The van der Waals surface area contributed by atoms with E-state index in [1.807, 2.05) is 24.4 Å². The summed E-state index contributed by atoms with van der Waals surface area (Å²) in [6, 6.07) is 8.10. The summed E-state index contributed by atoms with van der Waals surface area (Å²) in [5.41, 5.74) is 1.11. The van der Waals surface area contributed by atoms with Gasteiger partial charge in [-0.2, -0.15) is 0 Å². The lowest BCUT2D eigenvalue weighted by Gasteiger charge is -2.12. The van der Waals surface area contributed by atoms with Crippen molar-refractivity contribution in [3.63, 3.8) is 0 Å². The molecule has 1 heterocycles. The first-order valence-electron chi connectivity index (χ1n) is 5.02. The Labute approximate surface area is 83.8 Å². The summed E-state index contributed by atoms with van der Waals surface area (Å²) in [7, 11) is 0. The molecule has 0 amide bonds. The molecule has 0 aliphatic carbocycles. The highest BCUT2D eigenvalue weighted by atomic mass is 16.3.